The molecule has 88 valence electrons. The third-order valence-corrected chi connectivity index (χ3v) is 2.09. The lowest BCUT2D eigenvalue weighted by molar-refractivity contribution is -0.0237. The van der Waals surface area contributed by atoms with Crippen molar-refractivity contribution < 1.29 is 14.6 Å². The fraction of sp³-hybridized carbons (Fsp3) is 0.385. The van der Waals surface area contributed by atoms with E-state index in [1.165, 1.54) is 0 Å². The van der Waals surface area contributed by atoms with Gasteiger partial charge in [0, 0.05) is 0 Å². The van der Waals surface area contributed by atoms with Gasteiger partial charge in [-0.1, -0.05) is 36.4 Å². The monoisotopic (exact) mass is 222 g/mol. The fourth-order valence-electron chi connectivity index (χ4n) is 1.36. The number of hydrogen-bond acceptors (Lipinski definition) is 3. The van der Waals surface area contributed by atoms with Gasteiger partial charge in [0.15, 0.2) is 0 Å². The highest BCUT2D eigenvalue weighted by molar-refractivity contribution is 5.17. The molecule has 0 radical (unpaired) electrons. The third-order valence-electron chi connectivity index (χ3n) is 2.09. The van der Waals surface area contributed by atoms with Crippen LogP contribution in [0.5, 0.6) is 0 Å². The Bertz CT molecular complexity index is 284. The summed E-state index contributed by atoms with van der Waals surface area (Å²) in [6, 6.07) is 9.84. The maximum absolute atomic E-state index is 8.75. The summed E-state index contributed by atoms with van der Waals surface area (Å²) in [5.41, 5.74) is 1.06. The minimum Gasteiger partial charge on any atom is -0.394 e. The van der Waals surface area contributed by atoms with Crippen LogP contribution < -0.4 is 0 Å². The lowest BCUT2D eigenvalue weighted by Gasteiger charge is -2.17. The van der Waals surface area contributed by atoms with Gasteiger partial charge in [-0.15, -0.1) is 6.58 Å². The molecule has 1 unspecified atom stereocenters. The molecule has 1 atom stereocenters. The zero-order chi connectivity index (χ0) is 11.6. The molecule has 16 heavy (non-hydrogen) atoms. The summed E-state index contributed by atoms with van der Waals surface area (Å²) in [6.45, 7) is 4.90. The number of benzene rings is 1. The van der Waals surface area contributed by atoms with Crippen molar-refractivity contribution in [2.24, 2.45) is 0 Å². The molecular formula is C13H18O3. The van der Waals surface area contributed by atoms with Crippen molar-refractivity contribution >= 4 is 0 Å². The van der Waals surface area contributed by atoms with Crippen molar-refractivity contribution in [3.8, 4) is 0 Å². The molecule has 3 nitrogen and oxygen atoms in total. The molecule has 0 saturated heterocycles. The van der Waals surface area contributed by atoms with Crippen LogP contribution in [-0.2, 0) is 9.47 Å². The Morgan fingerprint density at radius 1 is 1.31 bits per heavy atom. The molecule has 0 aromatic heterocycles. The largest absolute Gasteiger partial charge is 0.394 e. The summed E-state index contributed by atoms with van der Waals surface area (Å²) in [5.74, 6) is 0. The molecule has 0 bridgehead atoms. The van der Waals surface area contributed by atoms with Crippen molar-refractivity contribution in [2.45, 2.75) is 6.10 Å². The molecule has 0 saturated carbocycles. The number of rotatable bonds is 8. The molecule has 0 amide bonds. The number of hydrogen-bond donors (Lipinski definition) is 1. The van der Waals surface area contributed by atoms with Crippen LogP contribution in [-0.4, -0.2) is 31.5 Å². The molecule has 1 aromatic carbocycles. The Balaban J connectivity index is 2.52. The Morgan fingerprint density at radius 2 is 2.06 bits per heavy atom. The molecule has 3 heteroatoms. The summed E-state index contributed by atoms with van der Waals surface area (Å²) in [4.78, 5) is 0. The zero-order valence-corrected chi connectivity index (χ0v) is 9.34. The SMILES string of the molecule is C=CCOCC(OCCO)c1ccccc1. The lowest BCUT2D eigenvalue weighted by Crippen LogP contribution is -2.14. The van der Waals surface area contributed by atoms with Gasteiger partial charge < -0.3 is 14.6 Å². The first-order valence-corrected chi connectivity index (χ1v) is 5.34. The van der Waals surface area contributed by atoms with Crippen LogP contribution >= 0.6 is 0 Å². The molecular weight excluding hydrogens is 204 g/mol. The highest BCUT2D eigenvalue weighted by Crippen LogP contribution is 2.17. The van der Waals surface area contributed by atoms with Crippen molar-refractivity contribution in [3.05, 3.63) is 48.6 Å². The van der Waals surface area contributed by atoms with Gasteiger partial charge in [-0.05, 0) is 5.56 Å². The van der Waals surface area contributed by atoms with Crippen LogP contribution in [0, 0.1) is 0 Å². The highest BCUT2D eigenvalue weighted by atomic mass is 16.5. The second kappa shape index (κ2) is 8.05. The van der Waals surface area contributed by atoms with Gasteiger partial charge in [-0.3, -0.25) is 0 Å². The van der Waals surface area contributed by atoms with Crippen LogP contribution in [0.25, 0.3) is 0 Å². The van der Waals surface area contributed by atoms with E-state index in [0.717, 1.165) is 5.56 Å². The summed E-state index contributed by atoms with van der Waals surface area (Å²) >= 11 is 0. The maximum Gasteiger partial charge on any atom is 0.106 e. The first-order chi connectivity index (χ1) is 7.88. The maximum atomic E-state index is 8.75. The van der Waals surface area contributed by atoms with Crippen LogP contribution in [0.2, 0.25) is 0 Å². The third kappa shape index (κ3) is 4.57. The van der Waals surface area contributed by atoms with Crippen molar-refractivity contribution in [3.63, 3.8) is 0 Å². The summed E-state index contributed by atoms with van der Waals surface area (Å²) in [6.07, 6.45) is 1.57. The van der Waals surface area contributed by atoms with E-state index in [1.807, 2.05) is 30.3 Å². The molecule has 0 spiro atoms. The lowest BCUT2D eigenvalue weighted by atomic mass is 10.1. The van der Waals surface area contributed by atoms with Gasteiger partial charge in [-0.2, -0.15) is 0 Å². The average Bonchev–Trinajstić information content (AvgIpc) is 2.35. The van der Waals surface area contributed by atoms with E-state index in [0.29, 0.717) is 19.8 Å². The number of aliphatic hydroxyl groups is 1. The standard InChI is InChI=1S/C13H18O3/c1-2-9-15-11-13(16-10-8-14)12-6-4-3-5-7-12/h2-7,13-14H,1,8-11H2. The van der Waals surface area contributed by atoms with Gasteiger partial charge in [0.2, 0.25) is 0 Å². The molecule has 0 heterocycles. The minimum absolute atomic E-state index is 0.0186. The zero-order valence-electron chi connectivity index (χ0n) is 9.34. The topological polar surface area (TPSA) is 38.7 Å². The van der Waals surface area contributed by atoms with Crippen LogP contribution in [0.4, 0.5) is 0 Å². The fourth-order valence-corrected chi connectivity index (χ4v) is 1.36. The quantitative estimate of drug-likeness (QED) is 0.539. The van der Waals surface area contributed by atoms with E-state index in [1.54, 1.807) is 6.08 Å². The van der Waals surface area contributed by atoms with Gasteiger partial charge in [0.05, 0.1) is 26.4 Å². The number of ether oxygens (including phenoxy) is 2. The van der Waals surface area contributed by atoms with E-state index in [4.69, 9.17) is 14.6 Å². The van der Waals surface area contributed by atoms with E-state index < -0.39 is 0 Å². The Hall–Kier alpha value is -1.16. The Kier molecular flexibility index (Phi) is 6.49. The molecule has 1 aromatic rings. The summed E-state index contributed by atoms with van der Waals surface area (Å²) in [5, 5.41) is 8.75. The second-order valence-corrected chi connectivity index (χ2v) is 3.32. The molecule has 0 aliphatic carbocycles. The minimum atomic E-state index is -0.131. The molecule has 0 aliphatic rings. The van der Waals surface area contributed by atoms with Crippen molar-refractivity contribution in [1.82, 2.24) is 0 Å². The van der Waals surface area contributed by atoms with Crippen molar-refractivity contribution in [2.75, 3.05) is 26.4 Å². The predicted octanol–water partition coefficient (Wildman–Crippen LogP) is 1.94. The smallest absolute Gasteiger partial charge is 0.106 e. The molecule has 1 rings (SSSR count). The molecule has 0 aliphatic heterocycles. The number of aliphatic hydroxyl groups excluding tert-OH is 1. The van der Waals surface area contributed by atoms with Crippen molar-refractivity contribution in [1.29, 1.82) is 0 Å². The Morgan fingerprint density at radius 3 is 2.69 bits per heavy atom. The molecule has 1 N–H and O–H groups in total. The molecule has 0 fully saturated rings. The van der Waals surface area contributed by atoms with Crippen LogP contribution in [0.15, 0.2) is 43.0 Å². The summed E-state index contributed by atoms with van der Waals surface area (Å²) in [7, 11) is 0. The summed E-state index contributed by atoms with van der Waals surface area (Å²) < 4.78 is 10.9. The van der Waals surface area contributed by atoms with Gasteiger partial charge in [0.1, 0.15) is 6.10 Å². The first kappa shape index (κ1) is 12.9. The van der Waals surface area contributed by atoms with Gasteiger partial charge in [0.25, 0.3) is 0 Å². The average molecular weight is 222 g/mol. The second-order valence-electron chi connectivity index (χ2n) is 3.32. The van der Waals surface area contributed by atoms with Crippen LogP contribution in [0.1, 0.15) is 11.7 Å². The van der Waals surface area contributed by atoms with E-state index in [9.17, 15) is 0 Å². The van der Waals surface area contributed by atoms with Gasteiger partial charge in [-0.25, -0.2) is 0 Å². The Labute approximate surface area is 96.3 Å². The predicted molar refractivity (Wildman–Crippen MR) is 63.2 cm³/mol. The first-order valence-electron chi connectivity index (χ1n) is 5.34. The van der Waals surface area contributed by atoms with E-state index in [2.05, 4.69) is 6.58 Å². The highest BCUT2D eigenvalue weighted by Gasteiger charge is 2.11. The van der Waals surface area contributed by atoms with Crippen LogP contribution in [0.3, 0.4) is 0 Å². The normalized spacial score (nSPS) is 12.3. The van der Waals surface area contributed by atoms with E-state index >= 15 is 0 Å². The van der Waals surface area contributed by atoms with E-state index in [-0.39, 0.29) is 12.7 Å². The van der Waals surface area contributed by atoms with Gasteiger partial charge >= 0.3 is 0 Å².